The van der Waals surface area contributed by atoms with Crippen LogP contribution in [0.4, 0.5) is 5.69 Å². The number of aryl methyl sites for hydroxylation is 1. The molecule has 4 aromatic rings. The van der Waals surface area contributed by atoms with Crippen LogP contribution in [-0.2, 0) is 6.42 Å². The number of amides is 2. The highest BCUT2D eigenvalue weighted by Crippen LogP contribution is 2.33. The summed E-state index contributed by atoms with van der Waals surface area (Å²) in [5.41, 5.74) is 7.76. The molecule has 2 N–H and O–H groups in total. The molecular weight excluding hydrogens is 509 g/mol. The Kier molecular flexibility index (Phi) is 7.12. The van der Waals surface area contributed by atoms with Crippen LogP contribution in [0.5, 0.6) is 0 Å². The van der Waals surface area contributed by atoms with Gasteiger partial charge in [0.1, 0.15) is 5.76 Å². The Morgan fingerprint density at radius 1 is 0.865 bits per heavy atom. The van der Waals surface area contributed by atoms with Gasteiger partial charge in [-0.25, -0.2) is 5.43 Å². The van der Waals surface area contributed by atoms with Crippen LogP contribution >= 0.6 is 23.2 Å². The number of carbonyl (C=O) groups excluding carboxylic acids is 2. The Bertz CT molecular complexity index is 1510. The van der Waals surface area contributed by atoms with Crippen LogP contribution in [0.3, 0.4) is 0 Å². The topological polar surface area (TPSA) is 83.7 Å². The first-order chi connectivity index (χ1) is 17.9. The second-order valence-corrected chi connectivity index (χ2v) is 9.49. The average molecular weight is 532 g/mol. The molecule has 8 heteroatoms. The Labute approximate surface area is 224 Å². The van der Waals surface area contributed by atoms with Gasteiger partial charge in [0.05, 0.1) is 21.4 Å². The van der Waals surface area contributed by atoms with Crippen LogP contribution in [0.2, 0.25) is 10.0 Å². The highest BCUT2D eigenvalue weighted by atomic mass is 35.5. The van der Waals surface area contributed by atoms with Crippen LogP contribution in [-0.4, -0.2) is 17.5 Å². The molecular formula is C29H23Cl2N3O3. The van der Waals surface area contributed by atoms with Crippen molar-refractivity contribution < 1.29 is 14.0 Å². The minimum atomic E-state index is -0.432. The van der Waals surface area contributed by atoms with Crippen LogP contribution in [0.25, 0.3) is 11.1 Å². The molecule has 5 rings (SSSR count). The molecule has 0 fully saturated rings. The van der Waals surface area contributed by atoms with E-state index in [1.807, 2.05) is 49.4 Å². The third-order valence-electron chi connectivity index (χ3n) is 6.28. The predicted octanol–water partition coefficient (Wildman–Crippen LogP) is 7.28. The maximum atomic E-state index is 13.0. The minimum absolute atomic E-state index is 0.179. The number of rotatable bonds is 5. The van der Waals surface area contributed by atoms with Gasteiger partial charge in [-0.1, -0.05) is 71.7 Å². The Morgan fingerprint density at radius 2 is 1.59 bits per heavy atom. The number of benzene rings is 3. The van der Waals surface area contributed by atoms with E-state index in [2.05, 4.69) is 15.8 Å². The van der Waals surface area contributed by atoms with Gasteiger partial charge in [0.25, 0.3) is 11.8 Å². The molecule has 0 bridgehead atoms. The third kappa shape index (κ3) is 5.17. The van der Waals surface area contributed by atoms with Crippen molar-refractivity contribution in [2.24, 2.45) is 5.10 Å². The zero-order valence-electron chi connectivity index (χ0n) is 20.0. The zero-order valence-corrected chi connectivity index (χ0v) is 21.5. The maximum Gasteiger partial charge on any atom is 0.291 e. The van der Waals surface area contributed by atoms with E-state index in [1.165, 1.54) is 0 Å². The average Bonchev–Trinajstić information content (AvgIpc) is 3.27. The Morgan fingerprint density at radius 3 is 2.35 bits per heavy atom. The summed E-state index contributed by atoms with van der Waals surface area (Å²) in [7, 11) is 0. The van der Waals surface area contributed by atoms with E-state index in [4.69, 9.17) is 27.6 Å². The third-order valence-corrected chi connectivity index (χ3v) is 7.10. The van der Waals surface area contributed by atoms with E-state index in [1.54, 1.807) is 30.3 Å². The lowest BCUT2D eigenvalue weighted by atomic mass is 9.93. The van der Waals surface area contributed by atoms with Gasteiger partial charge in [0.2, 0.25) is 0 Å². The highest BCUT2D eigenvalue weighted by molar-refractivity contribution is 6.44. The van der Waals surface area contributed by atoms with Crippen LogP contribution in [0.1, 0.15) is 50.6 Å². The number of nitrogens with one attached hydrogen (secondary N) is 2. The number of anilines is 1. The normalized spacial score (nSPS) is 13.8. The molecule has 37 heavy (non-hydrogen) atoms. The molecule has 0 atom stereocenters. The van der Waals surface area contributed by atoms with Crippen LogP contribution in [0.15, 0.2) is 82.3 Å². The summed E-state index contributed by atoms with van der Waals surface area (Å²) in [6.45, 7) is 1.81. The first kappa shape index (κ1) is 24.8. The molecule has 0 saturated carbocycles. The highest BCUT2D eigenvalue weighted by Gasteiger charge is 2.28. The van der Waals surface area contributed by atoms with Gasteiger partial charge in [-0.3, -0.25) is 9.59 Å². The lowest BCUT2D eigenvalue weighted by Crippen LogP contribution is -2.22. The van der Waals surface area contributed by atoms with Gasteiger partial charge in [-0.15, -0.1) is 0 Å². The molecule has 186 valence electrons. The summed E-state index contributed by atoms with van der Waals surface area (Å²) in [5, 5.41) is 7.77. The van der Waals surface area contributed by atoms with Crippen molar-refractivity contribution in [2.45, 2.75) is 26.2 Å². The van der Waals surface area contributed by atoms with Crippen molar-refractivity contribution in [3.05, 3.63) is 111 Å². The van der Waals surface area contributed by atoms with Crippen molar-refractivity contribution in [3.63, 3.8) is 0 Å². The maximum absolute atomic E-state index is 13.0. The molecule has 0 spiro atoms. The van der Waals surface area contributed by atoms with Crippen molar-refractivity contribution in [3.8, 4) is 11.1 Å². The van der Waals surface area contributed by atoms with Crippen molar-refractivity contribution >= 4 is 46.4 Å². The van der Waals surface area contributed by atoms with Crippen molar-refractivity contribution in [1.82, 2.24) is 5.43 Å². The molecule has 1 aliphatic rings. The SMILES string of the molecule is Cc1c(C(=O)Nc2cccc(Cl)c2Cl)oc2c1/C(=N/NC(=O)c1ccc(-c3ccccc3)cc1)CCC2. The van der Waals surface area contributed by atoms with E-state index in [-0.39, 0.29) is 16.7 Å². The van der Waals surface area contributed by atoms with Crippen molar-refractivity contribution in [1.29, 1.82) is 0 Å². The molecule has 6 nitrogen and oxygen atoms in total. The summed E-state index contributed by atoms with van der Waals surface area (Å²) >= 11 is 12.3. The molecule has 3 aromatic carbocycles. The summed E-state index contributed by atoms with van der Waals surface area (Å²) in [6, 6.07) is 22.3. The lowest BCUT2D eigenvalue weighted by molar-refractivity contribution is 0.0953. The molecule has 2 amide bonds. The standard InChI is InChI=1S/C29H23Cl2N3O3/c1-17-25-22(33-34-28(35)20-15-13-19(14-16-20)18-7-3-2-4-8-18)10-6-12-24(25)37-27(17)29(36)32-23-11-5-9-21(30)26(23)31/h2-5,7-9,11,13-16H,6,10,12H2,1H3,(H,32,36)(H,34,35)/b33-22+. The number of furan rings is 1. The van der Waals surface area contributed by atoms with Gasteiger partial charge < -0.3 is 9.73 Å². The lowest BCUT2D eigenvalue weighted by Gasteiger charge is -2.13. The minimum Gasteiger partial charge on any atom is -0.455 e. The Hall–Kier alpha value is -3.87. The van der Waals surface area contributed by atoms with Gasteiger partial charge in [0.15, 0.2) is 5.76 Å². The van der Waals surface area contributed by atoms with Crippen LogP contribution < -0.4 is 10.7 Å². The summed E-state index contributed by atoms with van der Waals surface area (Å²) in [5.74, 6) is 0.108. The zero-order chi connectivity index (χ0) is 25.9. The number of halogens is 2. The largest absolute Gasteiger partial charge is 0.455 e. The molecule has 0 radical (unpaired) electrons. The second kappa shape index (κ2) is 10.6. The van der Waals surface area contributed by atoms with Gasteiger partial charge >= 0.3 is 0 Å². The number of fused-ring (bicyclic) bond motifs is 1. The monoisotopic (exact) mass is 531 g/mol. The molecule has 0 saturated heterocycles. The molecule has 1 aromatic heterocycles. The number of hydrogen-bond acceptors (Lipinski definition) is 4. The van der Waals surface area contributed by atoms with Gasteiger partial charge in [-0.05, 0) is 55.2 Å². The van der Waals surface area contributed by atoms with Gasteiger partial charge in [0, 0.05) is 23.1 Å². The Balaban J connectivity index is 1.33. The van der Waals surface area contributed by atoms with Crippen LogP contribution in [0, 0.1) is 6.92 Å². The molecule has 0 unspecified atom stereocenters. The first-order valence-electron chi connectivity index (χ1n) is 11.8. The quantitative estimate of drug-likeness (QED) is 0.265. The predicted molar refractivity (Wildman–Crippen MR) is 147 cm³/mol. The number of hydrazone groups is 1. The number of carbonyl (C=O) groups is 2. The molecule has 0 aliphatic heterocycles. The number of nitrogens with zero attached hydrogens (tertiary/aromatic N) is 1. The second-order valence-electron chi connectivity index (χ2n) is 8.71. The summed E-state index contributed by atoms with van der Waals surface area (Å²) in [6.07, 6.45) is 2.12. The van der Waals surface area contributed by atoms with E-state index >= 15 is 0 Å². The fraction of sp³-hybridized carbons (Fsp3) is 0.138. The fourth-order valence-corrected chi connectivity index (χ4v) is 4.75. The molecule has 1 aliphatic carbocycles. The van der Waals surface area contributed by atoms with E-state index in [0.29, 0.717) is 46.2 Å². The first-order valence-corrected chi connectivity index (χ1v) is 12.6. The smallest absolute Gasteiger partial charge is 0.291 e. The van der Waals surface area contributed by atoms with E-state index < -0.39 is 5.91 Å². The van der Waals surface area contributed by atoms with Gasteiger partial charge in [-0.2, -0.15) is 5.10 Å². The van der Waals surface area contributed by atoms with E-state index in [9.17, 15) is 9.59 Å². The van der Waals surface area contributed by atoms with Crippen molar-refractivity contribution in [2.75, 3.05) is 5.32 Å². The number of hydrogen-bond donors (Lipinski definition) is 2. The summed E-state index contributed by atoms with van der Waals surface area (Å²) < 4.78 is 5.94. The summed E-state index contributed by atoms with van der Waals surface area (Å²) in [4.78, 5) is 25.8. The fourth-order valence-electron chi connectivity index (χ4n) is 4.40. The van der Waals surface area contributed by atoms with E-state index in [0.717, 1.165) is 23.1 Å². The molecule has 1 heterocycles.